The molecule has 1 saturated carbocycles. The summed E-state index contributed by atoms with van der Waals surface area (Å²) in [6.45, 7) is 1.90. The Morgan fingerprint density at radius 1 is 1.36 bits per heavy atom. The number of carboxylic acids is 1. The van der Waals surface area contributed by atoms with Crippen molar-refractivity contribution in [2.45, 2.75) is 51.0 Å². The number of aliphatic carboxylic acids is 1. The molecule has 1 aliphatic rings. The summed E-state index contributed by atoms with van der Waals surface area (Å²) in [7, 11) is 0. The Hall–Kier alpha value is -1.06. The smallest absolute Gasteiger partial charge is 0.329 e. The van der Waals surface area contributed by atoms with E-state index in [1.807, 2.05) is 6.92 Å². The van der Waals surface area contributed by atoms with E-state index in [2.05, 4.69) is 5.32 Å². The van der Waals surface area contributed by atoms with Crippen molar-refractivity contribution >= 4 is 11.9 Å². The molecule has 0 aromatic rings. The molecule has 0 bridgehead atoms. The van der Waals surface area contributed by atoms with E-state index in [0.29, 0.717) is 19.3 Å². The second-order valence-corrected chi connectivity index (χ2v) is 3.89. The minimum Gasteiger partial charge on any atom is -0.480 e. The third-order valence-electron chi connectivity index (χ3n) is 2.72. The van der Waals surface area contributed by atoms with Gasteiger partial charge in [0.25, 0.3) is 0 Å². The fourth-order valence-corrected chi connectivity index (χ4v) is 1.93. The SMILES string of the molecule is CCCC(=O)NC1(C(=O)O)CCCC1. The minimum atomic E-state index is -0.966. The molecule has 0 spiro atoms. The second-order valence-electron chi connectivity index (χ2n) is 3.89. The molecule has 0 heterocycles. The van der Waals surface area contributed by atoms with Crippen LogP contribution in [0.2, 0.25) is 0 Å². The van der Waals surface area contributed by atoms with Gasteiger partial charge in [0.1, 0.15) is 5.54 Å². The standard InChI is InChI=1S/C10H17NO3/c1-2-5-8(12)11-10(9(13)14)6-3-4-7-10/h2-7H2,1H3,(H,11,12)(H,13,14). The van der Waals surface area contributed by atoms with Crippen molar-refractivity contribution in [3.05, 3.63) is 0 Å². The molecule has 0 saturated heterocycles. The molecule has 14 heavy (non-hydrogen) atoms. The average Bonchev–Trinajstić information content (AvgIpc) is 2.54. The zero-order chi connectivity index (χ0) is 10.6. The summed E-state index contributed by atoms with van der Waals surface area (Å²) < 4.78 is 0. The van der Waals surface area contributed by atoms with Crippen LogP contribution in [-0.4, -0.2) is 22.5 Å². The molecule has 1 fully saturated rings. The largest absolute Gasteiger partial charge is 0.480 e. The van der Waals surface area contributed by atoms with E-state index in [0.717, 1.165) is 19.3 Å². The summed E-state index contributed by atoms with van der Waals surface area (Å²) in [5, 5.41) is 11.7. The molecule has 2 N–H and O–H groups in total. The number of carbonyl (C=O) groups excluding carboxylic acids is 1. The molecule has 0 aliphatic heterocycles. The van der Waals surface area contributed by atoms with Gasteiger partial charge in [0.15, 0.2) is 0 Å². The number of hydrogen-bond donors (Lipinski definition) is 2. The van der Waals surface area contributed by atoms with Crippen molar-refractivity contribution in [1.29, 1.82) is 0 Å². The zero-order valence-electron chi connectivity index (χ0n) is 8.51. The number of hydrogen-bond acceptors (Lipinski definition) is 2. The first-order valence-corrected chi connectivity index (χ1v) is 5.15. The Bertz CT molecular complexity index is 232. The lowest BCUT2D eigenvalue weighted by molar-refractivity contribution is -0.147. The number of carbonyl (C=O) groups is 2. The van der Waals surface area contributed by atoms with Crippen LogP contribution in [-0.2, 0) is 9.59 Å². The average molecular weight is 199 g/mol. The molecule has 1 rings (SSSR count). The van der Waals surface area contributed by atoms with Crippen molar-refractivity contribution in [3.8, 4) is 0 Å². The summed E-state index contributed by atoms with van der Waals surface area (Å²) in [5.74, 6) is -1.03. The normalized spacial score (nSPS) is 19.2. The highest BCUT2D eigenvalue weighted by Gasteiger charge is 2.42. The highest BCUT2D eigenvalue weighted by atomic mass is 16.4. The van der Waals surface area contributed by atoms with Crippen LogP contribution in [0.25, 0.3) is 0 Å². The van der Waals surface area contributed by atoms with Gasteiger partial charge in [-0.3, -0.25) is 4.79 Å². The molecule has 0 aromatic heterocycles. The lowest BCUT2D eigenvalue weighted by Gasteiger charge is -2.25. The highest BCUT2D eigenvalue weighted by Crippen LogP contribution is 2.29. The van der Waals surface area contributed by atoms with Gasteiger partial charge in [0.2, 0.25) is 5.91 Å². The molecule has 0 atom stereocenters. The van der Waals surface area contributed by atoms with Crippen LogP contribution >= 0.6 is 0 Å². The van der Waals surface area contributed by atoms with Gasteiger partial charge in [0.05, 0.1) is 0 Å². The van der Waals surface area contributed by atoms with Crippen LogP contribution in [0.1, 0.15) is 45.4 Å². The van der Waals surface area contributed by atoms with Crippen molar-refractivity contribution in [3.63, 3.8) is 0 Å². The summed E-state index contributed by atoms with van der Waals surface area (Å²) in [5.41, 5.74) is -0.966. The van der Waals surface area contributed by atoms with Gasteiger partial charge in [0, 0.05) is 6.42 Å². The molecule has 1 aliphatic carbocycles. The lowest BCUT2D eigenvalue weighted by Crippen LogP contribution is -2.52. The van der Waals surface area contributed by atoms with E-state index < -0.39 is 11.5 Å². The summed E-state index contributed by atoms with van der Waals surface area (Å²) in [4.78, 5) is 22.4. The fourth-order valence-electron chi connectivity index (χ4n) is 1.93. The third kappa shape index (κ3) is 2.25. The molecular formula is C10H17NO3. The minimum absolute atomic E-state index is 0.142. The maximum atomic E-state index is 11.3. The van der Waals surface area contributed by atoms with E-state index in [-0.39, 0.29) is 5.91 Å². The van der Waals surface area contributed by atoms with Gasteiger partial charge in [-0.25, -0.2) is 4.79 Å². The number of carboxylic acid groups (broad SMARTS) is 1. The van der Waals surface area contributed by atoms with E-state index in [9.17, 15) is 9.59 Å². The van der Waals surface area contributed by atoms with Gasteiger partial charge >= 0.3 is 5.97 Å². The Labute approximate surface area is 83.7 Å². The fraction of sp³-hybridized carbons (Fsp3) is 0.800. The van der Waals surface area contributed by atoms with Gasteiger partial charge in [-0.15, -0.1) is 0 Å². The molecule has 4 heteroatoms. The van der Waals surface area contributed by atoms with Gasteiger partial charge in [-0.2, -0.15) is 0 Å². The summed E-state index contributed by atoms with van der Waals surface area (Å²) >= 11 is 0. The van der Waals surface area contributed by atoms with Crippen LogP contribution < -0.4 is 5.32 Å². The molecule has 1 amide bonds. The monoisotopic (exact) mass is 199 g/mol. The first-order chi connectivity index (χ1) is 6.60. The van der Waals surface area contributed by atoms with Crippen LogP contribution in [0.15, 0.2) is 0 Å². The number of rotatable bonds is 4. The Kier molecular flexibility index (Phi) is 3.49. The van der Waals surface area contributed by atoms with Crippen molar-refractivity contribution in [2.24, 2.45) is 0 Å². The predicted molar refractivity (Wildman–Crippen MR) is 51.9 cm³/mol. The Morgan fingerprint density at radius 3 is 2.36 bits per heavy atom. The predicted octanol–water partition coefficient (Wildman–Crippen LogP) is 1.30. The van der Waals surface area contributed by atoms with Crippen molar-refractivity contribution < 1.29 is 14.7 Å². The molecule has 4 nitrogen and oxygen atoms in total. The molecule has 0 aromatic carbocycles. The van der Waals surface area contributed by atoms with Crippen molar-refractivity contribution in [2.75, 3.05) is 0 Å². The molecular weight excluding hydrogens is 182 g/mol. The molecule has 80 valence electrons. The van der Waals surface area contributed by atoms with Gasteiger partial charge in [-0.1, -0.05) is 19.8 Å². The lowest BCUT2D eigenvalue weighted by atomic mass is 9.97. The molecule has 0 radical (unpaired) electrons. The van der Waals surface area contributed by atoms with E-state index in [1.165, 1.54) is 0 Å². The Balaban J connectivity index is 2.60. The Morgan fingerprint density at radius 2 is 1.93 bits per heavy atom. The van der Waals surface area contributed by atoms with Crippen LogP contribution in [0.5, 0.6) is 0 Å². The summed E-state index contributed by atoms with van der Waals surface area (Å²) in [6, 6.07) is 0. The van der Waals surface area contributed by atoms with Crippen LogP contribution in [0.4, 0.5) is 0 Å². The van der Waals surface area contributed by atoms with Gasteiger partial charge < -0.3 is 10.4 Å². The molecule has 0 unspecified atom stereocenters. The van der Waals surface area contributed by atoms with E-state index in [1.54, 1.807) is 0 Å². The second kappa shape index (κ2) is 4.44. The van der Waals surface area contributed by atoms with Crippen LogP contribution in [0.3, 0.4) is 0 Å². The maximum absolute atomic E-state index is 11.3. The quantitative estimate of drug-likeness (QED) is 0.717. The first kappa shape index (κ1) is 11.0. The number of nitrogens with one attached hydrogen (secondary N) is 1. The maximum Gasteiger partial charge on any atom is 0.329 e. The highest BCUT2D eigenvalue weighted by molar-refractivity contribution is 5.87. The van der Waals surface area contributed by atoms with Crippen molar-refractivity contribution in [1.82, 2.24) is 5.32 Å². The van der Waals surface area contributed by atoms with Gasteiger partial charge in [-0.05, 0) is 19.3 Å². The van der Waals surface area contributed by atoms with E-state index in [4.69, 9.17) is 5.11 Å². The summed E-state index contributed by atoms with van der Waals surface area (Å²) in [6.07, 6.45) is 4.07. The topological polar surface area (TPSA) is 66.4 Å². The number of amides is 1. The van der Waals surface area contributed by atoms with E-state index >= 15 is 0 Å². The third-order valence-corrected chi connectivity index (χ3v) is 2.72. The first-order valence-electron chi connectivity index (χ1n) is 5.15. The zero-order valence-corrected chi connectivity index (χ0v) is 8.51. The van der Waals surface area contributed by atoms with Crippen LogP contribution in [0, 0.1) is 0 Å².